The van der Waals surface area contributed by atoms with Crippen LogP contribution in [0.3, 0.4) is 0 Å². The van der Waals surface area contributed by atoms with Crippen molar-refractivity contribution in [2.24, 2.45) is 0 Å². The minimum absolute atomic E-state index is 0.160. The Balaban J connectivity index is 2.21. The molecule has 0 atom stereocenters. The average molecular weight is 189 g/mol. The fourth-order valence-electron chi connectivity index (χ4n) is 2.08. The second-order valence-corrected chi connectivity index (χ2v) is 5.21. The summed E-state index contributed by atoms with van der Waals surface area (Å²) in [5.41, 5.74) is 4.51. The smallest absolute Gasteiger partial charge is 0.0347 e. The van der Waals surface area contributed by atoms with Gasteiger partial charge in [0.2, 0.25) is 0 Å². The molecular weight excluding hydrogens is 170 g/mol. The fraction of sp³-hybridized carbons (Fsp3) is 0.538. The van der Waals surface area contributed by atoms with Crippen molar-refractivity contribution in [2.45, 2.75) is 45.6 Å². The Bertz CT molecular complexity index is 334. The second kappa shape index (κ2) is 3.30. The molecule has 0 aromatic heterocycles. The van der Waals surface area contributed by atoms with Gasteiger partial charge in [-0.15, -0.1) is 0 Å². The van der Waals surface area contributed by atoms with E-state index in [1.54, 1.807) is 11.1 Å². The average Bonchev–Trinajstić information content (AvgIpc) is 2.47. The number of rotatable bonds is 1. The fourth-order valence-corrected chi connectivity index (χ4v) is 2.08. The molecule has 0 radical (unpaired) electrons. The van der Waals surface area contributed by atoms with Crippen molar-refractivity contribution in [1.82, 2.24) is 0 Å². The Morgan fingerprint density at radius 2 is 1.79 bits per heavy atom. The lowest BCUT2D eigenvalue weighted by atomic mass is 10.1. The molecule has 1 aliphatic carbocycles. The van der Waals surface area contributed by atoms with Gasteiger partial charge >= 0.3 is 0 Å². The van der Waals surface area contributed by atoms with Crippen molar-refractivity contribution in [3.05, 3.63) is 29.3 Å². The first-order chi connectivity index (χ1) is 6.54. The molecule has 0 fully saturated rings. The maximum absolute atomic E-state index is 3.51. The summed E-state index contributed by atoms with van der Waals surface area (Å²) in [6.45, 7) is 6.58. The summed E-state index contributed by atoms with van der Waals surface area (Å²) in [4.78, 5) is 0. The SMILES string of the molecule is CC(C)(C)Nc1ccc2c(c1)CCC2. The Morgan fingerprint density at radius 1 is 1.07 bits per heavy atom. The summed E-state index contributed by atoms with van der Waals surface area (Å²) in [6.07, 6.45) is 3.86. The molecule has 1 heteroatoms. The normalized spacial score (nSPS) is 15.4. The minimum Gasteiger partial charge on any atom is -0.380 e. The van der Waals surface area contributed by atoms with Crippen molar-refractivity contribution in [2.75, 3.05) is 5.32 Å². The molecule has 14 heavy (non-hydrogen) atoms. The Morgan fingerprint density at radius 3 is 2.50 bits per heavy atom. The number of hydrogen-bond acceptors (Lipinski definition) is 1. The first-order valence-electron chi connectivity index (χ1n) is 5.45. The highest BCUT2D eigenvalue weighted by Gasteiger charge is 2.13. The van der Waals surface area contributed by atoms with Crippen LogP contribution in [0.25, 0.3) is 0 Å². The molecule has 0 saturated carbocycles. The topological polar surface area (TPSA) is 12.0 Å². The molecule has 0 aliphatic heterocycles. The molecule has 0 heterocycles. The predicted molar refractivity (Wildman–Crippen MR) is 61.8 cm³/mol. The molecule has 0 saturated heterocycles. The molecule has 1 aliphatic rings. The number of fused-ring (bicyclic) bond motifs is 1. The number of nitrogens with one attached hydrogen (secondary N) is 1. The summed E-state index contributed by atoms with van der Waals surface area (Å²) in [5.74, 6) is 0. The van der Waals surface area contributed by atoms with Crippen LogP contribution < -0.4 is 5.32 Å². The Hall–Kier alpha value is -0.980. The highest BCUT2D eigenvalue weighted by Crippen LogP contribution is 2.26. The zero-order valence-electron chi connectivity index (χ0n) is 9.35. The van der Waals surface area contributed by atoms with Crippen LogP contribution in [0.5, 0.6) is 0 Å². The van der Waals surface area contributed by atoms with Gasteiger partial charge in [-0.25, -0.2) is 0 Å². The summed E-state index contributed by atoms with van der Waals surface area (Å²) in [5, 5.41) is 3.51. The van der Waals surface area contributed by atoms with Gasteiger partial charge in [-0.1, -0.05) is 6.07 Å². The van der Waals surface area contributed by atoms with Crippen LogP contribution in [0, 0.1) is 0 Å². The molecule has 1 aromatic rings. The third-order valence-corrected chi connectivity index (χ3v) is 2.62. The molecule has 1 nitrogen and oxygen atoms in total. The number of hydrogen-bond donors (Lipinski definition) is 1. The van der Waals surface area contributed by atoms with Crippen LogP contribution in [0.2, 0.25) is 0 Å². The van der Waals surface area contributed by atoms with Gasteiger partial charge in [0.15, 0.2) is 0 Å². The molecule has 0 bridgehead atoms. The molecule has 76 valence electrons. The van der Waals surface area contributed by atoms with Gasteiger partial charge in [0.25, 0.3) is 0 Å². The molecule has 0 amide bonds. The molecule has 0 unspecified atom stereocenters. The summed E-state index contributed by atoms with van der Waals surface area (Å²) >= 11 is 0. The quantitative estimate of drug-likeness (QED) is 0.714. The summed E-state index contributed by atoms with van der Waals surface area (Å²) < 4.78 is 0. The van der Waals surface area contributed by atoms with Crippen LogP contribution in [-0.2, 0) is 12.8 Å². The molecular formula is C13H19N. The zero-order chi connectivity index (χ0) is 10.2. The third-order valence-electron chi connectivity index (χ3n) is 2.62. The van der Waals surface area contributed by atoms with E-state index >= 15 is 0 Å². The third kappa shape index (κ3) is 2.09. The Kier molecular flexibility index (Phi) is 2.26. The van der Waals surface area contributed by atoms with E-state index < -0.39 is 0 Å². The van der Waals surface area contributed by atoms with E-state index in [0.717, 1.165) is 0 Å². The van der Waals surface area contributed by atoms with Crippen LogP contribution in [0.4, 0.5) is 5.69 Å². The van der Waals surface area contributed by atoms with Crippen LogP contribution in [0.15, 0.2) is 18.2 Å². The lowest BCUT2D eigenvalue weighted by Crippen LogP contribution is -2.26. The molecule has 1 N–H and O–H groups in total. The van der Waals surface area contributed by atoms with Crippen molar-refractivity contribution < 1.29 is 0 Å². The second-order valence-electron chi connectivity index (χ2n) is 5.21. The van der Waals surface area contributed by atoms with E-state index in [9.17, 15) is 0 Å². The highest BCUT2D eigenvalue weighted by molar-refractivity contribution is 5.51. The number of anilines is 1. The van der Waals surface area contributed by atoms with Crippen LogP contribution >= 0.6 is 0 Å². The largest absolute Gasteiger partial charge is 0.380 e. The van der Waals surface area contributed by atoms with E-state index in [0.29, 0.717) is 0 Å². The first kappa shape index (κ1) is 9.57. The van der Waals surface area contributed by atoms with Crippen molar-refractivity contribution in [3.8, 4) is 0 Å². The lowest BCUT2D eigenvalue weighted by Gasteiger charge is -2.22. The Labute approximate surface area is 86.5 Å². The number of aryl methyl sites for hydroxylation is 2. The minimum atomic E-state index is 0.160. The summed E-state index contributed by atoms with van der Waals surface area (Å²) in [6, 6.07) is 6.79. The van der Waals surface area contributed by atoms with Gasteiger partial charge in [0.05, 0.1) is 0 Å². The maximum Gasteiger partial charge on any atom is 0.0347 e. The van der Waals surface area contributed by atoms with Gasteiger partial charge in [0.1, 0.15) is 0 Å². The number of benzene rings is 1. The van der Waals surface area contributed by atoms with E-state index in [2.05, 4.69) is 44.3 Å². The first-order valence-corrected chi connectivity index (χ1v) is 5.45. The van der Waals surface area contributed by atoms with Crippen LogP contribution in [0.1, 0.15) is 38.3 Å². The van der Waals surface area contributed by atoms with E-state index in [4.69, 9.17) is 0 Å². The zero-order valence-corrected chi connectivity index (χ0v) is 9.35. The monoisotopic (exact) mass is 189 g/mol. The lowest BCUT2D eigenvalue weighted by molar-refractivity contribution is 0.634. The van der Waals surface area contributed by atoms with E-state index in [1.165, 1.54) is 24.9 Å². The van der Waals surface area contributed by atoms with E-state index in [-0.39, 0.29) is 5.54 Å². The van der Waals surface area contributed by atoms with Gasteiger partial charge < -0.3 is 5.32 Å². The molecule has 0 spiro atoms. The van der Waals surface area contributed by atoms with Crippen molar-refractivity contribution in [3.63, 3.8) is 0 Å². The highest BCUT2D eigenvalue weighted by atomic mass is 14.9. The van der Waals surface area contributed by atoms with Gasteiger partial charge in [0, 0.05) is 11.2 Å². The molecule has 2 rings (SSSR count). The predicted octanol–water partition coefficient (Wildman–Crippen LogP) is 3.39. The molecule has 1 aromatic carbocycles. The standard InChI is InChI=1S/C13H19N/c1-13(2,3)14-12-8-7-10-5-4-6-11(10)9-12/h7-9,14H,4-6H2,1-3H3. The van der Waals surface area contributed by atoms with Crippen molar-refractivity contribution in [1.29, 1.82) is 0 Å². The van der Waals surface area contributed by atoms with Gasteiger partial charge in [-0.3, -0.25) is 0 Å². The summed E-state index contributed by atoms with van der Waals surface area (Å²) in [7, 11) is 0. The van der Waals surface area contributed by atoms with E-state index in [1.807, 2.05) is 0 Å². The maximum atomic E-state index is 3.51. The van der Waals surface area contributed by atoms with Crippen molar-refractivity contribution >= 4 is 5.69 Å². The van der Waals surface area contributed by atoms with Gasteiger partial charge in [-0.05, 0) is 63.3 Å². The van der Waals surface area contributed by atoms with Gasteiger partial charge in [-0.2, -0.15) is 0 Å². The van der Waals surface area contributed by atoms with Crippen LogP contribution in [-0.4, -0.2) is 5.54 Å².